The van der Waals surface area contributed by atoms with Gasteiger partial charge in [0.25, 0.3) is 0 Å². The fraction of sp³-hybridized carbons (Fsp3) is 0.118. The SMILES string of the molecule is CCOC(=O)c1c(O)c2cc(Oc3ccc(N)cc3)cnc2n(O)c1=O. The second-order valence-electron chi connectivity index (χ2n) is 5.27. The van der Waals surface area contributed by atoms with Gasteiger partial charge in [0.2, 0.25) is 0 Å². The molecule has 4 N–H and O–H groups in total. The molecule has 0 saturated carbocycles. The van der Waals surface area contributed by atoms with Crippen LogP contribution in [-0.2, 0) is 4.74 Å². The number of nitrogens with zero attached hydrogens (tertiary/aromatic N) is 2. The monoisotopic (exact) mass is 357 g/mol. The summed E-state index contributed by atoms with van der Waals surface area (Å²) in [5.41, 5.74) is 4.13. The third kappa shape index (κ3) is 2.97. The Morgan fingerprint density at radius 2 is 1.96 bits per heavy atom. The van der Waals surface area contributed by atoms with Crippen molar-refractivity contribution in [3.63, 3.8) is 0 Å². The van der Waals surface area contributed by atoms with Gasteiger partial charge in [-0.25, -0.2) is 9.78 Å². The number of anilines is 1. The molecular weight excluding hydrogens is 342 g/mol. The molecule has 0 saturated heterocycles. The third-order valence-electron chi connectivity index (χ3n) is 3.54. The van der Waals surface area contributed by atoms with E-state index in [1.54, 1.807) is 31.2 Å². The number of ether oxygens (including phenoxy) is 2. The summed E-state index contributed by atoms with van der Waals surface area (Å²) in [5, 5.41) is 20.2. The molecule has 0 radical (unpaired) electrons. The van der Waals surface area contributed by atoms with Crippen LogP contribution in [0.25, 0.3) is 11.0 Å². The number of fused-ring (bicyclic) bond motifs is 1. The number of nitrogens with two attached hydrogens (primary N) is 1. The molecule has 9 nitrogen and oxygen atoms in total. The summed E-state index contributed by atoms with van der Waals surface area (Å²) in [6.45, 7) is 1.55. The molecule has 2 aromatic heterocycles. The lowest BCUT2D eigenvalue weighted by Crippen LogP contribution is -2.27. The van der Waals surface area contributed by atoms with E-state index in [9.17, 15) is 19.9 Å². The van der Waals surface area contributed by atoms with Crippen molar-refractivity contribution in [2.24, 2.45) is 0 Å². The minimum atomic E-state index is -1.13. The van der Waals surface area contributed by atoms with Crippen LogP contribution in [0.3, 0.4) is 0 Å². The van der Waals surface area contributed by atoms with Gasteiger partial charge in [-0.15, -0.1) is 4.73 Å². The fourth-order valence-electron chi connectivity index (χ4n) is 2.33. The molecule has 134 valence electrons. The molecule has 1 aromatic carbocycles. The van der Waals surface area contributed by atoms with Crippen LogP contribution in [0.1, 0.15) is 17.3 Å². The Morgan fingerprint density at radius 3 is 2.62 bits per heavy atom. The van der Waals surface area contributed by atoms with Crippen LogP contribution in [0, 0.1) is 0 Å². The highest BCUT2D eigenvalue weighted by Crippen LogP contribution is 2.30. The topological polar surface area (TPSA) is 137 Å². The Hall–Kier alpha value is -3.75. The zero-order valence-corrected chi connectivity index (χ0v) is 13.7. The molecule has 26 heavy (non-hydrogen) atoms. The smallest absolute Gasteiger partial charge is 0.347 e. The number of rotatable bonds is 4. The van der Waals surface area contributed by atoms with E-state index >= 15 is 0 Å². The summed E-state index contributed by atoms with van der Waals surface area (Å²) in [6, 6.07) is 7.90. The number of aromatic hydroxyl groups is 1. The lowest BCUT2D eigenvalue weighted by molar-refractivity contribution is 0.0515. The van der Waals surface area contributed by atoms with E-state index in [1.807, 2.05) is 0 Å². The molecule has 0 spiro atoms. The standard InChI is InChI=1S/C17H15N3O6/c1-2-25-17(23)13-14(21)12-7-11(8-19-15(12)20(24)16(13)22)26-10-5-3-9(18)4-6-10/h3-8,21,24H,2,18H2,1H3. The zero-order chi connectivity index (χ0) is 18.8. The molecule has 9 heteroatoms. The predicted molar refractivity (Wildman–Crippen MR) is 91.7 cm³/mol. The molecule has 0 aliphatic rings. The average Bonchev–Trinajstić information content (AvgIpc) is 2.62. The first-order valence-electron chi connectivity index (χ1n) is 7.60. The van der Waals surface area contributed by atoms with E-state index < -0.39 is 22.8 Å². The van der Waals surface area contributed by atoms with E-state index in [0.717, 1.165) is 0 Å². The summed E-state index contributed by atoms with van der Waals surface area (Å²) in [6.07, 6.45) is 1.26. The quantitative estimate of drug-likeness (QED) is 0.366. The first kappa shape index (κ1) is 17.1. The maximum atomic E-state index is 12.1. The third-order valence-corrected chi connectivity index (χ3v) is 3.54. The van der Waals surface area contributed by atoms with Crippen molar-refractivity contribution in [3.05, 3.63) is 52.4 Å². The number of benzene rings is 1. The highest BCUT2D eigenvalue weighted by Gasteiger charge is 2.24. The number of esters is 1. The van der Waals surface area contributed by atoms with Gasteiger partial charge in [-0.2, -0.15) is 0 Å². The fourth-order valence-corrected chi connectivity index (χ4v) is 2.33. The van der Waals surface area contributed by atoms with Crippen LogP contribution in [0.4, 0.5) is 5.69 Å². The van der Waals surface area contributed by atoms with Gasteiger partial charge in [-0.1, -0.05) is 0 Å². The van der Waals surface area contributed by atoms with Crippen molar-refractivity contribution < 1.29 is 24.6 Å². The minimum Gasteiger partial charge on any atom is -0.506 e. The van der Waals surface area contributed by atoms with Gasteiger partial charge in [-0.05, 0) is 37.3 Å². The second-order valence-corrected chi connectivity index (χ2v) is 5.27. The van der Waals surface area contributed by atoms with E-state index in [0.29, 0.717) is 11.4 Å². The second kappa shape index (κ2) is 6.63. The highest BCUT2D eigenvalue weighted by molar-refractivity contribution is 5.98. The lowest BCUT2D eigenvalue weighted by Gasteiger charge is -2.11. The molecule has 0 aliphatic carbocycles. The van der Waals surface area contributed by atoms with E-state index in [2.05, 4.69) is 4.98 Å². The van der Waals surface area contributed by atoms with Crippen LogP contribution in [0.5, 0.6) is 17.2 Å². The van der Waals surface area contributed by atoms with Crippen molar-refractivity contribution in [1.82, 2.24) is 9.71 Å². The molecule has 0 fully saturated rings. The van der Waals surface area contributed by atoms with Gasteiger partial charge in [0.05, 0.1) is 18.2 Å². The number of pyridine rings is 2. The summed E-state index contributed by atoms with van der Waals surface area (Å²) < 4.78 is 10.5. The van der Waals surface area contributed by atoms with Gasteiger partial charge in [0, 0.05) is 5.69 Å². The maximum Gasteiger partial charge on any atom is 0.347 e. The number of nitrogen functional groups attached to an aromatic ring is 1. The summed E-state index contributed by atoms with van der Waals surface area (Å²) >= 11 is 0. The van der Waals surface area contributed by atoms with E-state index in [-0.39, 0.29) is 28.1 Å². The lowest BCUT2D eigenvalue weighted by atomic mass is 10.1. The molecule has 0 atom stereocenters. The van der Waals surface area contributed by atoms with Crippen LogP contribution < -0.4 is 16.0 Å². The van der Waals surface area contributed by atoms with Gasteiger partial charge in [0.1, 0.15) is 17.2 Å². The first-order chi connectivity index (χ1) is 12.4. The first-order valence-corrected chi connectivity index (χ1v) is 7.60. The summed E-state index contributed by atoms with van der Waals surface area (Å²) in [4.78, 5) is 27.9. The molecular formula is C17H15N3O6. The van der Waals surface area contributed by atoms with Crippen molar-refractivity contribution in [3.8, 4) is 17.2 Å². The Kier molecular flexibility index (Phi) is 4.36. The maximum absolute atomic E-state index is 12.1. The molecule has 0 unspecified atom stereocenters. The average molecular weight is 357 g/mol. The minimum absolute atomic E-state index is 0.000280. The van der Waals surface area contributed by atoms with Gasteiger partial charge in [0.15, 0.2) is 11.2 Å². The van der Waals surface area contributed by atoms with Gasteiger partial charge in [-0.3, -0.25) is 4.79 Å². The number of aromatic nitrogens is 2. The number of hydrogen-bond acceptors (Lipinski definition) is 8. The molecule has 2 heterocycles. The Bertz CT molecular complexity index is 1040. The highest BCUT2D eigenvalue weighted by atomic mass is 16.5. The van der Waals surface area contributed by atoms with Gasteiger partial charge >= 0.3 is 11.5 Å². The van der Waals surface area contributed by atoms with E-state index in [1.165, 1.54) is 12.3 Å². The number of hydrogen-bond donors (Lipinski definition) is 3. The largest absolute Gasteiger partial charge is 0.506 e. The van der Waals surface area contributed by atoms with Crippen molar-refractivity contribution in [1.29, 1.82) is 0 Å². The summed E-state index contributed by atoms with van der Waals surface area (Å²) in [7, 11) is 0. The van der Waals surface area contributed by atoms with Crippen molar-refractivity contribution in [2.75, 3.05) is 12.3 Å². The van der Waals surface area contributed by atoms with Crippen LogP contribution >= 0.6 is 0 Å². The van der Waals surface area contributed by atoms with Crippen LogP contribution in [-0.4, -0.2) is 32.6 Å². The number of carbonyl (C=O) groups excluding carboxylic acids is 1. The Labute approximate surface area is 146 Å². The molecule has 0 bridgehead atoms. The van der Waals surface area contributed by atoms with Crippen molar-refractivity contribution >= 4 is 22.7 Å². The molecule has 3 aromatic rings. The molecule has 0 aliphatic heterocycles. The van der Waals surface area contributed by atoms with E-state index in [4.69, 9.17) is 15.2 Å². The van der Waals surface area contributed by atoms with Gasteiger partial charge < -0.3 is 25.5 Å². The van der Waals surface area contributed by atoms with Crippen molar-refractivity contribution in [2.45, 2.75) is 6.92 Å². The molecule has 3 rings (SSSR count). The van der Waals surface area contributed by atoms with Crippen LogP contribution in [0.15, 0.2) is 41.3 Å². The Morgan fingerprint density at radius 1 is 1.27 bits per heavy atom. The predicted octanol–water partition coefficient (Wildman–Crippen LogP) is 1.89. The number of carbonyl (C=O) groups is 1. The normalized spacial score (nSPS) is 10.7. The summed E-state index contributed by atoms with van der Waals surface area (Å²) in [5.74, 6) is -1.03. The zero-order valence-electron chi connectivity index (χ0n) is 13.7. The Balaban J connectivity index is 2.12. The molecule has 0 amide bonds. The van der Waals surface area contributed by atoms with Crippen LogP contribution in [0.2, 0.25) is 0 Å².